The maximum Gasteiger partial charge on any atom is 0.333 e. The van der Waals surface area contributed by atoms with Gasteiger partial charge in [-0.15, -0.1) is 0 Å². The summed E-state index contributed by atoms with van der Waals surface area (Å²) in [7, 11) is 0. The first-order valence-electron chi connectivity index (χ1n) is 24.6. The molecule has 71 heavy (non-hydrogen) atoms. The summed E-state index contributed by atoms with van der Waals surface area (Å²) < 4.78 is 37.0. The van der Waals surface area contributed by atoms with E-state index in [9.17, 15) is 19.2 Å². The van der Waals surface area contributed by atoms with Gasteiger partial charge in [-0.2, -0.15) is 0 Å². The first kappa shape index (κ1) is 67.4. The molecule has 4 rings (SSSR count). The van der Waals surface area contributed by atoms with Crippen LogP contribution in [0.1, 0.15) is 180 Å². The lowest BCUT2D eigenvalue weighted by molar-refractivity contribution is -0.155. The van der Waals surface area contributed by atoms with Gasteiger partial charge in [-0.1, -0.05) is 82.8 Å². The highest BCUT2D eigenvalue weighted by atomic mass is 16.7. The number of esters is 4. The predicted octanol–water partition coefficient (Wildman–Crippen LogP) is 15.3. The molecule has 11 nitrogen and oxygen atoms in total. The fourth-order valence-corrected chi connectivity index (χ4v) is 6.24. The van der Waals surface area contributed by atoms with Crippen molar-refractivity contribution in [1.29, 1.82) is 0 Å². The summed E-state index contributed by atoms with van der Waals surface area (Å²) in [6.45, 7) is 51.9. The SMILES string of the molecule is C=C(C)C(=O)OC(C)(C)C.C=C(C)C(=O)OC1(C)CCCC1.C=C(C)C(=O)OC1(CC)CCCC1.C=CC(=O)OC(C)(C)C.C=Cc1ccc(OC(C)(C)C)cc1.C=Cc1ccc(OC(C)OCC)cc1. The van der Waals surface area contributed by atoms with Crippen LogP contribution in [0.4, 0.5) is 0 Å². The summed E-state index contributed by atoms with van der Waals surface area (Å²) in [5.74, 6) is 0.535. The molecule has 2 aliphatic carbocycles. The van der Waals surface area contributed by atoms with Crippen molar-refractivity contribution in [2.75, 3.05) is 6.61 Å². The molecule has 11 heteroatoms. The van der Waals surface area contributed by atoms with Crippen molar-refractivity contribution in [1.82, 2.24) is 0 Å². The Morgan fingerprint density at radius 3 is 1.30 bits per heavy atom. The van der Waals surface area contributed by atoms with Crippen molar-refractivity contribution in [3.05, 3.63) is 122 Å². The van der Waals surface area contributed by atoms with E-state index >= 15 is 0 Å². The summed E-state index contributed by atoms with van der Waals surface area (Å²) in [5, 5.41) is 0. The van der Waals surface area contributed by atoms with E-state index in [2.05, 4.69) is 46.4 Å². The lowest BCUT2D eigenvalue weighted by Gasteiger charge is -2.27. The average molecular weight is 989 g/mol. The Morgan fingerprint density at radius 1 is 0.592 bits per heavy atom. The summed E-state index contributed by atoms with van der Waals surface area (Å²) >= 11 is 0. The van der Waals surface area contributed by atoms with Crippen LogP contribution in [0.25, 0.3) is 12.2 Å². The average Bonchev–Trinajstić information content (AvgIpc) is 3.92. The molecular weight excluding hydrogens is 897 g/mol. The molecule has 0 bridgehead atoms. The topological polar surface area (TPSA) is 133 Å². The van der Waals surface area contributed by atoms with Crippen LogP contribution in [-0.4, -0.2) is 64.8 Å². The van der Waals surface area contributed by atoms with Gasteiger partial charge in [-0.3, -0.25) is 0 Å². The second-order valence-corrected chi connectivity index (χ2v) is 20.7. The molecule has 2 aromatic rings. The van der Waals surface area contributed by atoms with E-state index in [-0.39, 0.29) is 47.0 Å². The van der Waals surface area contributed by atoms with Gasteiger partial charge in [-0.25, -0.2) is 19.2 Å². The third-order valence-electron chi connectivity index (χ3n) is 9.85. The predicted molar refractivity (Wildman–Crippen MR) is 292 cm³/mol. The van der Waals surface area contributed by atoms with Crippen LogP contribution in [-0.2, 0) is 42.9 Å². The van der Waals surface area contributed by atoms with Gasteiger partial charge in [0.15, 0.2) is 6.29 Å². The highest BCUT2D eigenvalue weighted by Gasteiger charge is 2.36. The minimum absolute atomic E-state index is 0.129. The van der Waals surface area contributed by atoms with E-state index in [0.717, 1.165) is 60.8 Å². The van der Waals surface area contributed by atoms with Gasteiger partial charge >= 0.3 is 23.9 Å². The Labute approximate surface area is 429 Å². The number of carbonyl (C=O) groups excluding carboxylic acids is 4. The van der Waals surface area contributed by atoms with Gasteiger partial charge < -0.3 is 33.2 Å². The Kier molecular flexibility index (Phi) is 31.4. The van der Waals surface area contributed by atoms with Crippen molar-refractivity contribution >= 4 is 36.0 Å². The van der Waals surface area contributed by atoms with E-state index in [1.165, 1.54) is 25.7 Å². The summed E-state index contributed by atoms with van der Waals surface area (Å²) in [6.07, 6.45) is 14.2. The third-order valence-corrected chi connectivity index (χ3v) is 9.85. The zero-order valence-corrected chi connectivity index (χ0v) is 46.7. The smallest absolute Gasteiger partial charge is 0.333 e. The first-order chi connectivity index (χ1) is 32.7. The van der Waals surface area contributed by atoms with Gasteiger partial charge in [0.1, 0.15) is 39.5 Å². The Balaban J connectivity index is 0. The molecule has 2 aliphatic rings. The molecule has 0 aliphatic heterocycles. The molecule has 2 saturated carbocycles. The zero-order valence-electron chi connectivity index (χ0n) is 46.7. The standard InChI is InChI=1S/C12H16O2.C12H16O.C11H18O2.C10H16O2.C8H14O2.C7H12O2/c1-4-11-6-8-12(9-7-11)14-10(3)13-5-2;1-5-10-6-8-11(9-7-10)13-12(2,3)4;1-4-11(7-5-6-8-11)13-10(12)9(2)3;1-8(2)9(11)12-10(3)6-4-5-7-10;1-6(2)7(9)10-8(3,4)5;1-5-6(8)9-7(2,3)4/h4,6-10H,1,5H2,2-3H3;5-9H,1H2,2-4H3;2,4-8H2,1,3H3;1,4-7H2,2-3H3;1H2,2-5H3;5H,1H2,2-4H3. The number of carbonyl (C=O) groups is 4. The van der Waals surface area contributed by atoms with Crippen LogP contribution in [0.2, 0.25) is 0 Å². The van der Waals surface area contributed by atoms with Crippen molar-refractivity contribution in [3.63, 3.8) is 0 Å². The van der Waals surface area contributed by atoms with Gasteiger partial charge in [0, 0.05) is 29.4 Å². The fraction of sp³-hybridized carbons (Fsp3) is 0.533. The molecule has 0 aromatic heterocycles. The molecule has 0 saturated heterocycles. The third kappa shape index (κ3) is 34.3. The number of benzene rings is 2. The number of ether oxygens (including phenoxy) is 7. The molecule has 0 spiro atoms. The minimum Gasteiger partial charge on any atom is -0.488 e. The van der Waals surface area contributed by atoms with Crippen molar-refractivity contribution < 1.29 is 52.3 Å². The first-order valence-corrected chi connectivity index (χ1v) is 24.6. The van der Waals surface area contributed by atoms with Gasteiger partial charge in [0.2, 0.25) is 0 Å². The molecule has 398 valence electrons. The molecule has 0 amide bonds. The number of hydrogen-bond acceptors (Lipinski definition) is 11. The van der Waals surface area contributed by atoms with E-state index in [1.54, 1.807) is 26.8 Å². The van der Waals surface area contributed by atoms with Gasteiger partial charge in [0.05, 0.1) is 0 Å². The van der Waals surface area contributed by atoms with Gasteiger partial charge in [0.25, 0.3) is 0 Å². The van der Waals surface area contributed by atoms with Crippen molar-refractivity contribution in [2.45, 2.75) is 203 Å². The molecule has 0 N–H and O–H groups in total. The summed E-state index contributed by atoms with van der Waals surface area (Å²) in [4.78, 5) is 43.8. The maximum absolute atomic E-state index is 11.3. The van der Waals surface area contributed by atoms with E-state index in [0.29, 0.717) is 23.3 Å². The van der Waals surface area contributed by atoms with Crippen LogP contribution in [0.3, 0.4) is 0 Å². The molecule has 0 heterocycles. The van der Waals surface area contributed by atoms with Gasteiger partial charge in [-0.05, 0) is 197 Å². The largest absolute Gasteiger partial charge is 0.488 e. The minimum atomic E-state index is -0.407. The lowest BCUT2D eigenvalue weighted by atomic mass is 9.99. The normalized spacial score (nSPS) is 14.4. The Hall–Kier alpha value is -5.68. The summed E-state index contributed by atoms with van der Waals surface area (Å²) in [5.41, 5.74) is 2.31. The van der Waals surface area contributed by atoms with E-state index in [4.69, 9.17) is 33.2 Å². The monoisotopic (exact) mass is 989 g/mol. The molecular formula is C60H92O11. The second kappa shape index (κ2) is 33.1. The van der Waals surface area contributed by atoms with E-state index in [1.807, 2.05) is 138 Å². The number of hydrogen-bond donors (Lipinski definition) is 0. The van der Waals surface area contributed by atoms with Crippen LogP contribution in [0.5, 0.6) is 11.5 Å². The highest BCUT2D eigenvalue weighted by Crippen LogP contribution is 2.36. The molecule has 1 unspecified atom stereocenters. The van der Waals surface area contributed by atoms with Crippen LogP contribution >= 0.6 is 0 Å². The van der Waals surface area contributed by atoms with Crippen molar-refractivity contribution in [2.24, 2.45) is 0 Å². The molecule has 1 atom stereocenters. The zero-order chi connectivity index (χ0) is 55.2. The summed E-state index contributed by atoms with van der Waals surface area (Å²) in [6, 6.07) is 15.6. The molecule has 0 radical (unpaired) electrons. The molecule has 2 aromatic carbocycles. The number of rotatable bonds is 14. The fourth-order valence-electron chi connectivity index (χ4n) is 6.24. The van der Waals surface area contributed by atoms with Crippen molar-refractivity contribution in [3.8, 4) is 11.5 Å². The molecule has 2 fully saturated rings. The Morgan fingerprint density at radius 2 is 0.986 bits per heavy atom. The van der Waals surface area contributed by atoms with E-state index < -0.39 is 11.2 Å². The van der Waals surface area contributed by atoms with Crippen LogP contribution in [0.15, 0.2) is 111 Å². The van der Waals surface area contributed by atoms with Crippen LogP contribution < -0.4 is 9.47 Å². The Bertz CT molecular complexity index is 1970. The lowest BCUT2D eigenvalue weighted by Crippen LogP contribution is -2.31. The second-order valence-electron chi connectivity index (χ2n) is 20.7. The van der Waals surface area contributed by atoms with Crippen LogP contribution in [0, 0.1) is 0 Å². The highest BCUT2D eigenvalue weighted by molar-refractivity contribution is 5.88. The quantitative estimate of drug-likeness (QED) is 0.0775. The maximum atomic E-state index is 11.3.